The number of nitrogens with zero attached hydrogens (tertiary/aromatic N) is 4. The van der Waals surface area contributed by atoms with Crippen LogP contribution in [0, 0.1) is 11.6 Å². The Bertz CT molecular complexity index is 1080. The van der Waals surface area contributed by atoms with E-state index in [-0.39, 0.29) is 11.6 Å². The molecule has 2 aromatic carbocycles. The summed E-state index contributed by atoms with van der Waals surface area (Å²) in [5.74, 6) is -0.478. The molecule has 1 aliphatic rings. The Morgan fingerprint density at radius 3 is 2.24 bits per heavy atom. The van der Waals surface area contributed by atoms with E-state index in [1.54, 1.807) is 40.1 Å². The summed E-state index contributed by atoms with van der Waals surface area (Å²) in [5, 5.41) is 9.11. The van der Waals surface area contributed by atoms with Crippen LogP contribution < -0.4 is 10.2 Å². The molecular formula is C21H19F2N5S. The van der Waals surface area contributed by atoms with Crippen molar-refractivity contribution in [3.05, 3.63) is 66.4 Å². The van der Waals surface area contributed by atoms with Gasteiger partial charge in [-0.15, -0.1) is 5.10 Å². The first-order chi connectivity index (χ1) is 14.1. The fourth-order valence-corrected chi connectivity index (χ4v) is 4.51. The van der Waals surface area contributed by atoms with Gasteiger partial charge in [0.15, 0.2) is 0 Å². The van der Waals surface area contributed by atoms with Crippen molar-refractivity contribution in [3.63, 3.8) is 0 Å². The summed E-state index contributed by atoms with van der Waals surface area (Å²) in [7, 11) is 0. The maximum Gasteiger partial charge on any atom is 0.214 e. The third-order valence-electron chi connectivity index (χ3n) is 5.15. The van der Waals surface area contributed by atoms with E-state index in [2.05, 4.69) is 20.3 Å². The molecule has 0 aliphatic carbocycles. The number of rotatable bonds is 4. The molecule has 3 heterocycles. The highest BCUT2D eigenvalue weighted by molar-refractivity contribution is 7.20. The van der Waals surface area contributed by atoms with Crippen molar-refractivity contribution in [1.82, 2.24) is 14.6 Å². The summed E-state index contributed by atoms with van der Waals surface area (Å²) in [6.45, 7) is 1.81. The predicted molar refractivity (Wildman–Crippen MR) is 112 cm³/mol. The van der Waals surface area contributed by atoms with Gasteiger partial charge in [-0.3, -0.25) is 0 Å². The molecule has 0 atom stereocenters. The van der Waals surface area contributed by atoms with Crippen LogP contribution in [-0.2, 0) is 0 Å². The molecule has 4 aromatic rings. The summed E-state index contributed by atoms with van der Waals surface area (Å²) in [6.07, 6.45) is 3.85. The summed E-state index contributed by atoms with van der Waals surface area (Å²) in [4.78, 5) is 7.74. The zero-order chi connectivity index (χ0) is 19.8. The average molecular weight is 411 g/mol. The number of piperidine rings is 1. The van der Waals surface area contributed by atoms with Crippen LogP contribution in [0.1, 0.15) is 12.8 Å². The second-order valence-corrected chi connectivity index (χ2v) is 8.09. The minimum absolute atomic E-state index is 0.221. The van der Waals surface area contributed by atoms with Crippen LogP contribution in [0.5, 0.6) is 0 Å². The lowest BCUT2D eigenvalue weighted by Crippen LogP contribution is -2.39. The van der Waals surface area contributed by atoms with E-state index in [0.717, 1.165) is 53.0 Å². The number of hydrogen-bond donors (Lipinski definition) is 1. The number of imidazole rings is 1. The van der Waals surface area contributed by atoms with E-state index in [9.17, 15) is 8.78 Å². The fraction of sp³-hybridized carbons (Fsp3) is 0.238. The summed E-state index contributed by atoms with van der Waals surface area (Å²) in [6, 6.07) is 13.2. The van der Waals surface area contributed by atoms with E-state index >= 15 is 0 Å². The largest absolute Gasteiger partial charge is 0.382 e. The topological polar surface area (TPSA) is 45.5 Å². The van der Waals surface area contributed by atoms with Crippen LogP contribution >= 0.6 is 11.3 Å². The molecule has 8 heteroatoms. The second kappa shape index (κ2) is 7.44. The molecular weight excluding hydrogens is 392 g/mol. The van der Waals surface area contributed by atoms with Gasteiger partial charge < -0.3 is 10.2 Å². The zero-order valence-corrected chi connectivity index (χ0v) is 16.4. The smallest absolute Gasteiger partial charge is 0.214 e. The third kappa shape index (κ3) is 3.80. The van der Waals surface area contributed by atoms with Gasteiger partial charge in [-0.2, -0.15) is 0 Å². The lowest BCUT2D eigenvalue weighted by molar-refractivity contribution is 0.524. The van der Waals surface area contributed by atoms with Crippen molar-refractivity contribution in [1.29, 1.82) is 0 Å². The van der Waals surface area contributed by atoms with Crippen molar-refractivity contribution in [2.24, 2.45) is 0 Å². The molecule has 0 bridgehead atoms. The van der Waals surface area contributed by atoms with Gasteiger partial charge in [-0.25, -0.2) is 18.3 Å². The summed E-state index contributed by atoms with van der Waals surface area (Å²) in [5.41, 5.74) is 2.61. The molecule has 1 N–H and O–H groups in total. The molecule has 0 unspecified atom stereocenters. The number of halogens is 2. The van der Waals surface area contributed by atoms with Crippen LogP contribution in [-0.4, -0.2) is 33.7 Å². The molecule has 29 heavy (non-hydrogen) atoms. The van der Waals surface area contributed by atoms with Crippen molar-refractivity contribution in [2.75, 3.05) is 23.3 Å². The molecule has 148 valence electrons. The highest BCUT2D eigenvalue weighted by atomic mass is 32.1. The minimum Gasteiger partial charge on any atom is -0.382 e. The van der Waals surface area contributed by atoms with Gasteiger partial charge in [0.2, 0.25) is 10.1 Å². The van der Waals surface area contributed by atoms with Crippen molar-refractivity contribution >= 4 is 27.1 Å². The molecule has 0 spiro atoms. The Morgan fingerprint density at radius 2 is 1.59 bits per heavy atom. The third-order valence-corrected chi connectivity index (χ3v) is 6.14. The van der Waals surface area contributed by atoms with Gasteiger partial charge in [0.1, 0.15) is 11.6 Å². The van der Waals surface area contributed by atoms with Crippen molar-refractivity contribution in [2.45, 2.75) is 18.9 Å². The predicted octanol–water partition coefficient (Wildman–Crippen LogP) is 4.82. The maximum atomic E-state index is 13.1. The maximum absolute atomic E-state index is 13.1. The fourth-order valence-electron chi connectivity index (χ4n) is 3.57. The number of nitrogens with one attached hydrogen (secondary N) is 1. The van der Waals surface area contributed by atoms with Crippen LogP contribution in [0.3, 0.4) is 0 Å². The Balaban J connectivity index is 1.24. The van der Waals surface area contributed by atoms with Gasteiger partial charge in [-0.05, 0) is 61.4 Å². The minimum atomic E-state index is -0.257. The molecule has 1 saturated heterocycles. The summed E-state index contributed by atoms with van der Waals surface area (Å²) >= 11 is 1.56. The highest BCUT2D eigenvalue weighted by Gasteiger charge is 2.22. The lowest BCUT2D eigenvalue weighted by atomic mass is 10.1. The van der Waals surface area contributed by atoms with E-state index in [0.29, 0.717) is 6.04 Å². The molecule has 1 fully saturated rings. The molecule has 0 radical (unpaired) electrons. The van der Waals surface area contributed by atoms with E-state index in [4.69, 9.17) is 0 Å². The highest BCUT2D eigenvalue weighted by Crippen LogP contribution is 2.29. The van der Waals surface area contributed by atoms with E-state index in [1.807, 2.05) is 6.20 Å². The molecule has 5 rings (SSSR count). The zero-order valence-electron chi connectivity index (χ0n) is 15.6. The Labute approximate surface area is 170 Å². The average Bonchev–Trinajstić information content (AvgIpc) is 3.30. The van der Waals surface area contributed by atoms with Crippen LogP contribution in [0.4, 0.5) is 19.6 Å². The number of hydrogen-bond acceptors (Lipinski definition) is 5. The van der Waals surface area contributed by atoms with Crippen LogP contribution in [0.2, 0.25) is 0 Å². The first kappa shape index (κ1) is 18.1. The van der Waals surface area contributed by atoms with Gasteiger partial charge >= 0.3 is 0 Å². The van der Waals surface area contributed by atoms with Gasteiger partial charge in [0.25, 0.3) is 0 Å². The normalized spacial score (nSPS) is 15.2. The van der Waals surface area contributed by atoms with Crippen LogP contribution in [0.15, 0.2) is 54.7 Å². The molecule has 0 amide bonds. The molecule has 0 saturated carbocycles. The first-order valence-electron chi connectivity index (χ1n) is 9.53. The van der Waals surface area contributed by atoms with Crippen molar-refractivity contribution < 1.29 is 8.78 Å². The van der Waals surface area contributed by atoms with Gasteiger partial charge in [0, 0.05) is 30.4 Å². The van der Waals surface area contributed by atoms with Crippen LogP contribution in [0.25, 0.3) is 16.2 Å². The standard InChI is InChI=1S/C21H19F2N5S/c22-15-3-1-14(2-4-15)19-13-28-20(25-19)29-21(26-28)27-11-9-18(10-12-27)24-17-7-5-16(23)6-8-17/h1-8,13,18,24H,9-12H2. The molecule has 2 aromatic heterocycles. The second-order valence-electron chi connectivity index (χ2n) is 7.16. The Hall–Kier alpha value is -3.00. The summed E-state index contributed by atoms with van der Waals surface area (Å²) < 4.78 is 27.9. The number of benzene rings is 2. The Kier molecular flexibility index (Phi) is 4.63. The monoisotopic (exact) mass is 411 g/mol. The number of aromatic nitrogens is 3. The Morgan fingerprint density at radius 1 is 0.931 bits per heavy atom. The lowest BCUT2D eigenvalue weighted by Gasteiger charge is -2.32. The molecule has 1 aliphatic heterocycles. The number of fused-ring (bicyclic) bond motifs is 1. The van der Waals surface area contributed by atoms with E-state index in [1.165, 1.54) is 24.3 Å². The first-order valence-corrected chi connectivity index (χ1v) is 10.3. The quantitative estimate of drug-likeness (QED) is 0.523. The van der Waals surface area contributed by atoms with Crippen molar-refractivity contribution in [3.8, 4) is 11.3 Å². The van der Waals surface area contributed by atoms with Gasteiger partial charge in [0.05, 0.1) is 11.9 Å². The molecule has 5 nitrogen and oxygen atoms in total. The van der Waals surface area contributed by atoms with Gasteiger partial charge in [-0.1, -0.05) is 11.3 Å². The number of anilines is 2. The SMILES string of the molecule is Fc1ccc(NC2CCN(c3nn4cc(-c5ccc(F)cc5)nc4s3)CC2)cc1. The van der Waals surface area contributed by atoms with E-state index < -0.39 is 0 Å².